The summed E-state index contributed by atoms with van der Waals surface area (Å²) in [6, 6.07) is 6.41. The maximum atomic E-state index is 12.6. The number of benzene rings is 2. The Balaban J connectivity index is 1.66. The van der Waals surface area contributed by atoms with Crippen LogP contribution < -0.4 is 35.0 Å². The second kappa shape index (κ2) is 14.6. The van der Waals surface area contributed by atoms with Gasteiger partial charge in [0.05, 0.1) is 43.7 Å². The van der Waals surface area contributed by atoms with Gasteiger partial charge >= 0.3 is 18.0 Å². The third-order valence-corrected chi connectivity index (χ3v) is 5.92. The maximum Gasteiger partial charge on any atom is 0.341 e. The van der Waals surface area contributed by atoms with Crippen LogP contribution in [0.5, 0.6) is 23.0 Å². The third kappa shape index (κ3) is 8.04. The van der Waals surface area contributed by atoms with Gasteiger partial charge in [0.15, 0.2) is 36.2 Å². The van der Waals surface area contributed by atoms with Gasteiger partial charge in [-0.05, 0) is 49.2 Å². The summed E-state index contributed by atoms with van der Waals surface area (Å²) in [5.41, 5.74) is 3.88. The fraction of sp³-hybridized carbons (Fsp3) is 0.296. The molecule has 0 unspecified atom stereocenters. The summed E-state index contributed by atoms with van der Waals surface area (Å²) in [7, 11) is 2.77. The number of halogens is 1. The monoisotopic (exact) mass is 604 g/mol. The van der Waals surface area contributed by atoms with E-state index in [0.717, 1.165) is 0 Å². The molecule has 4 N–H and O–H groups in total. The van der Waals surface area contributed by atoms with Crippen molar-refractivity contribution >= 4 is 41.7 Å². The molecule has 0 aromatic heterocycles. The van der Waals surface area contributed by atoms with E-state index in [1.807, 2.05) is 0 Å². The lowest BCUT2D eigenvalue weighted by molar-refractivity contribution is -0.140. The molecule has 0 spiro atoms. The lowest BCUT2D eigenvalue weighted by atomic mass is 9.95. The second-order valence-corrected chi connectivity index (χ2v) is 8.91. The van der Waals surface area contributed by atoms with E-state index in [4.69, 9.17) is 40.4 Å². The molecule has 3 rings (SSSR count). The zero-order chi connectivity index (χ0) is 30.8. The number of hydrogen-bond acceptors (Lipinski definition) is 10. The minimum atomic E-state index is -1.18. The highest BCUT2D eigenvalue weighted by Crippen LogP contribution is 2.36. The molecule has 2 aromatic rings. The van der Waals surface area contributed by atoms with Crippen LogP contribution >= 0.6 is 11.6 Å². The molecule has 1 heterocycles. The minimum Gasteiger partial charge on any atom is -0.493 e. The van der Waals surface area contributed by atoms with Crippen LogP contribution in [0.2, 0.25) is 5.02 Å². The van der Waals surface area contributed by atoms with Gasteiger partial charge in [-0.25, -0.2) is 19.8 Å². The Kier molecular flexibility index (Phi) is 11.0. The van der Waals surface area contributed by atoms with Crippen molar-refractivity contribution < 1.29 is 48.0 Å². The number of allylic oxidation sites excluding steroid dienone is 1. The van der Waals surface area contributed by atoms with E-state index in [-0.39, 0.29) is 40.2 Å². The van der Waals surface area contributed by atoms with E-state index in [1.54, 1.807) is 32.0 Å². The summed E-state index contributed by atoms with van der Waals surface area (Å²) in [6.45, 7) is 2.42. The number of carbonyl (C=O) groups excluding carboxylic acids is 3. The first-order valence-electron chi connectivity index (χ1n) is 12.4. The van der Waals surface area contributed by atoms with Crippen molar-refractivity contribution in [2.24, 2.45) is 5.10 Å². The molecular weight excluding hydrogens is 576 g/mol. The Labute approximate surface area is 245 Å². The molecule has 0 bridgehead atoms. The number of methoxy groups -OCH3 is 2. The van der Waals surface area contributed by atoms with Crippen LogP contribution in [-0.2, 0) is 19.1 Å². The first-order valence-corrected chi connectivity index (χ1v) is 12.8. The molecule has 2 aromatic carbocycles. The molecule has 0 saturated heterocycles. The van der Waals surface area contributed by atoms with Crippen LogP contribution in [0.3, 0.4) is 0 Å². The number of urea groups is 1. The number of nitrogens with one attached hydrogen (secondary N) is 3. The third-order valence-electron chi connectivity index (χ3n) is 5.64. The van der Waals surface area contributed by atoms with Crippen molar-refractivity contribution in [3.8, 4) is 23.0 Å². The van der Waals surface area contributed by atoms with E-state index >= 15 is 0 Å². The molecule has 1 aliphatic heterocycles. The van der Waals surface area contributed by atoms with E-state index < -0.39 is 43.1 Å². The summed E-state index contributed by atoms with van der Waals surface area (Å²) in [6.07, 6.45) is 1.30. The summed E-state index contributed by atoms with van der Waals surface area (Å²) in [5.74, 6) is -1.63. The smallest absolute Gasteiger partial charge is 0.341 e. The minimum absolute atomic E-state index is 0.0573. The molecule has 0 aliphatic carbocycles. The highest BCUT2D eigenvalue weighted by Gasteiger charge is 2.32. The molecular formula is C27H29ClN4O10. The van der Waals surface area contributed by atoms with E-state index in [0.29, 0.717) is 16.8 Å². The molecule has 224 valence electrons. The molecule has 15 heteroatoms. The number of ether oxygens (including phenoxy) is 5. The molecule has 0 saturated carbocycles. The summed E-state index contributed by atoms with van der Waals surface area (Å²) in [5, 5.41) is 18.0. The van der Waals surface area contributed by atoms with Gasteiger partial charge in [-0.3, -0.25) is 4.79 Å². The average Bonchev–Trinajstić information content (AvgIpc) is 2.94. The SMILES string of the molecule is CCOC(=O)C1=C(C)NC(=O)N[C@@H]1c1ccc(OCC(=O)N/N=C\c2cc(Cl)c(OCC(=O)O)c(OC)c2)c(OC)c1. The number of aliphatic carboxylic acids is 1. The van der Waals surface area contributed by atoms with Crippen molar-refractivity contribution in [1.82, 2.24) is 16.1 Å². The van der Waals surface area contributed by atoms with Gasteiger partial charge in [0, 0.05) is 5.70 Å². The number of rotatable bonds is 13. The van der Waals surface area contributed by atoms with Gasteiger partial charge in [0.25, 0.3) is 5.91 Å². The van der Waals surface area contributed by atoms with Gasteiger partial charge in [0.1, 0.15) is 0 Å². The zero-order valence-corrected chi connectivity index (χ0v) is 23.9. The van der Waals surface area contributed by atoms with E-state index in [9.17, 15) is 19.2 Å². The number of amides is 3. The lowest BCUT2D eigenvalue weighted by Crippen LogP contribution is -2.45. The first-order chi connectivity index (χ1) is 20.1. The number of esters is 1. The number of carboxylic acids is 1. The first kappa shape index (κ1) is 31.5. The van der Waals surface area contributed by atoms with Gasteiger partial charge in [-0.1, -0.05) is 17.7 Å². The molecule has 42 heavy (non-hydrogen) atoms. The Hall–Kier alpha value is -4.98. The Morgan fingerprint density at radius 1 is 1.07 bits per heavy atom. The highest BCUT2D eigenvalue weighted by molar-refractivity contribution is 6.32. The van der Waals surface area contributed by atoms with Crippen molar-refractivity contribution in [3.63, 3.8) is 0 Å². The summed E-state index contributed by atoms with van der Waals surface area (Å²) in [4.78, 5) is 47.8. The van der Waals surface area contributed by atoms with Gasteiger partial charge in [-0.15, -0.1) is 0 Å². The fourth-order valence-corrected chi connectivity index (χ4v) is 4.12. The summed E-state index contributed by atoms with van der Waals surface area (Å²) < 4.78 is 26.5. The van der Waals surface area contributed by atoms with Gasteiger partial charge < -0.3 is 39.4 Å². The molecule has 1 atom stereocenters. The summed E-state index contributed by atoms with van der Waals surface area (Å²) >= 11 is 6.17. The predicted octanol–water partition coefficient (Wildman–Crippen LogP) is 2.54. The maximum absolute atomic E-state index is 12.6. The van der Waals surface area contributed by atoms with E-state index in [1.165, 1.54) is 32.6 Å². The molecule has 0 fully saturated rings. The zero-order valence-electron chi connectivity index (χ0n) is 23.1. The normalized spacial score (nSPS) is 14.5. The number of carbonyl (C=O) groups is 4. The average molecular weight is 605 g/mol. The van der Waals surface area contributed by atoms with Crippen molar-refractivity contribution in [3.05, 3.63) is 57.8 Å². The van der Waals surface area contributed by atoms with Crippen LogP contribution in [0.4, 0.5) is 4.79 Å². The number of nitrogens with zero attached hydrogens (tertiary/aromatic N) is 1. The fourth-order valence-electron chi connectivity index (χ4n) is 3.85. The van der Waals surface area contributed by atoms with Crippen LogP contribution in [0.15, 0.2) is 46.7 Å². The van der Waals surface area contributed by atoms with Crippen molar-refractivity contribution in [2.75, 3.05) is 34.0 Å². The molecule has 14 nitrogen and oxygen atoms in total. The van der Waals surface area contributed by atoms with Crippen LogP contribution in [-0.4, -0.2) is 69.2 Å². The number of carboxylic acid groups (broad SMARTS) is 1. The van der Waals surface area contributed by atoms with E-state index in [2.05, 4.69) is 21.2 Å². The lowest BCUT2D eigenvalue weighted by Gasteiger charge is -2.28. The van der Waals surface area contributed by atoms with Crippen LogP contribution in [0, 0.1) is 0 Å². The largest absolute Gasteiger partial charge is 0.493 e. The Morgan fingerprint density at radius 2 is 1.81 bits per heavy atom. The number of hydrazone groups is 1. The quantitative estimate of drug-likeness (QED) is 0.150. The molecule has 0 radical (unpaired) electrons. The standard InChI is InChI=1S/C27H29ClN4O10/c1-5-40-26(36)23-14(2)30-27(37)31-24(23)16-6-7-18(19(10-16)38-3)41-12-21(33)32-29-11-15-8-17(28)25(20(9-15)39-4)42-13-22(34)35/h6-11,24H,5,12-13H2,1-4H3,(H,32,33)(H,34,35)(H2,30,31,37)/b29-11-/t24-/m1/s1. The molecule has 3 amide bonds. The topological polar surface area (TPSA) is 183 Å². The number of hydrogen-bond donors (Lipinski definition) is 4. The van der Waals surface area contributed by atoms with Gasteiger partial charge in [0.2, 0.25) is 0 Å². The highest BCUT2D eigenvalue weighted by atomic mass is 35.5. The van der Waals surface area contributed by atoms with Crippen molar-refractivity contribution in [2.45, 2.75) is 19.9 Å². The van der Waals surface area contributed by atoms with Crippen LogP contribution in [0.1, 0.15) is 31.0 Å². The Bertz CT molecular complexity index is 1430. The Morgan fingerprint density at radius 3 is 2.48 bits per heavy atom. The van der Waals surface area contributed by atoms with Crippen LogP contribution in [0.25, 0.3) is 0 Å². The van der Waals surface area contributed by atoms with Gasteiger partial charge in [-0.2, -0.15) is 5.10 Å². The molecule has 1 aliphatic rings. The van der Waals surface area contributed by atoms with Crippen molar-refractivity contribution in [1.29, 1.82) is 0 Å². The second-order valence-electron chi connectivity index (χ2n) is 8.50. The predicted molar refractivity (Wildman–Crippen MR) is 149 cm³/mol.